The first kappa shape index (κ1) is 18.1. The van der Waals surface area contributed by atoms with Crippen molar-refractivity contribution in [3.8, 4) is 0 Å². The summed E-state index contributed by atoms with van der Waals surface area (Å²) in [4.78, 5) is 17.1. The molecule has 0 aromatic heterocycles. The lowest BCUT2D eigenvalue weighted by atomic mass is 9.93. The van der Waals surface area contributed by atoms with Gasteiger partial charge < -0.3 is 15.1 Å². The molecule has 4 nitrogen and oxygen atoms in total. The first-order valence-corrected chi connectivity index (χ1v) is 8.48. The van der Waals surface area contributed by atoms with Gasteiger partial charge in [-0.15, -0.1) is 12.4 Å². The first-order chi connectivity index (χ1) is 10.6. The molecule has 2 fully saturated rings. The minimum Gasteiger partial charge on any atom is -0.368 e. The van der Waals surface area contributed by atoms with Crippen molar-refractivity contribution in [1.29, 1.82) is 0 Å². The van der Waals surface area contributed by atoms with E-state index in [-0.39, 0.29) is 18.4 Å². The lowest BCUT2D eigenvalue weighted by molar-refractivity contribution is -0.134. The maximum absolute atomic E-state index is 12.7. The van der Waals surface area contributed by atoms with E-state index in [1.807, 2.05) is 4.90 Å². The number of anilines is 1. The molecule has 0 bridgehead atoms. The molecule has 23 heavy (non-hydrogen) atoms. The van der Waals surface area contributed by atoms with Crippen LogP contribution in [-0.4, -0.2) is 49.6 Å². The van der Waals surface area contributed by atoms with E-state index in [1.54, 1.807) is 0 Å². The molecule has 2 atom stereocenters. The van der Waals surface area contributed by atoms with Crippen molar-refractivity contribution in [3.05, 3.63) is 29.8 Å². The molecule has 2 aliphatic heterocycles. The van der Waals surface area contributed by atoms with Gasteiger partial charge in [0.2, 0.25) is 5.91 Å². The maximum atomic E-state index is 12.7. The van der Waals surface area contributed by atoms with E-state index in [0.29, 0.717) is 11.8 Å². The highest BCUT2D eigenvalue weighted by molar-refractivity contribution is 5.85. The molecular weight excluding hydrogens is 310 g/mol. The Balaban J connectivity index is 0.00000192. The molecule has 1 amide bonds. The maximum Gasteiger partial charge on any atom is 0.239 e. The highest BCUT2D eigenvalue weighted by atomic mass is 35.5. The molecule has 0 radical (unpaired) electrons. The summed E-state index contributed by atoms with van der Waals surface area (Å²) in [5.74, 6) is 0.958. The summed E-state index contributed by atoms with van der Waals surface area (Å²) < 4.78 is 0. The molecule has 2 unspecified atom stereocenters. The van der Waals surface area contributed by atoms with Crippen LogP contribution in [0.3, 0.4) is 0 Å². The lowest BCUT2D eigenvalue weighted by Gasteiger charge is -2.39. The molecule has 1 aromatic rings. The van der Waals surface area contributed by atoms with E-state index < -0.39 is 0 Å². The van der Waals surface area contributed by atoms with Crippen molar-refractivity contribution in [2.24, 2.45) is 5.92 Å². The second-order valence-electron chi connectivity index (χ2n) is 6.74. The van der Waals surface area contributed by atoms with Crippen LogP contribution in [0.4, 0.5) is 5.69 Å². The van der Waals surface area contributed by atoms with Crippen LogP contribution in [-0.2, 0) is 4.79 Å². The van der Waals surface area contributed by atoms with Gasteiger partial charge in [-0.25, -0.2) is 0 Å². The zero-order valence-corrected chi connectivity index (χ0v) is 14.9. The topological polar surface area (TPSA) is 35.6 Å². The second kappa shape index (κ2) is 8.02. The molecule has 0 saturated carbocycles. The van der Waals surface area contributed by atoms with Crippen LogP contribution in [0.25, 0.3) is 0 Å². The van der Waals surface area contributed by atoms with Gasteiger partial charge in [-0.3, -0.25) is 4.79 Å². The quantitative estimate of drug-likeness (QED) is 0.900. The molecule has 1 N–H and O–H groups in total. The van der Waals surface area contributed by atoms with Crippen molar-refractivity contribution in [3.63, 3.8) is 0 Å². The minimum atomic E-state index is 0. The summed E-state index contributed by atoms with van der Waals surface area (Å²) in [6.45, 7) is 8.90. The summed E-state index contributed by atoms with van der Waals surface area (Å²) in [7, 11) is 0. The standard InChI is InChI=1S/C18H27N3O.ClH/c1-14-7-8-19-16(13-14)18(22)21-11-9-20(10-12-21)17-6-4-3-5-15(17)2;/h3-6,14,16,19H,7-13H2,1-2H3;1H. The van der Waals surface area contributed by atoms with Crippen LogP contribution in [0.5, 0.6) is 0 Å². The highest BCUT2D eigenvalue weighted by Gasteiger charge is 2.30. The van der Waals surface area contributed by atoms with Gasteiger partial charge >= 0.3 is 0 Å². The highest BCUT2D eigenvalue weighted by Crippen LogP contribution is 2.22. The Hall–Kier alpha value is -1.26. The van der Waals surface area contributed by atoms with Gasteiger partial charge in [0, 0.05) is 31.9 Å². The van der Waals surface area contributed by atoms with Gasteiger partial charge in [0.25, 0.3) is 0 Å². The van der Waals surface area contributed by atoms with Crippen LogP contribution < -0.4 is 10.2 Å². The molecule has 0 spiro atoms. The van der Waals surface area contributed by atoms with Crippen LogP contribution in [0.2, 0.25) is 0 Å². The predicted molar refractivity (Wildman–Crippen MR) is 97.4 cm³/mol. The van der Waals surface area contributed by atoms with Crippen molar-refractivity contribution < 1.29 is 4.79 Å². The number of para-hydroxylation sites is 1. The van der Waals surface area contributed by atoms with Crippen molar-refractivity contribution in [1.82, 2.24) is 10.2 Å². The van der Waals surface area contributed by atoms with Crippen molar-refractivity contribution in [2.75, 3.05) is 37.6 Å². The van der Waals surface area contributed by atoms with E-state index in [0.717, 1.165) is 39.1 Å². The van der Waals surface area contributed by atoms with Gasteiger partial charge in [0.05, 0.1) is 6.04 Å². The SMILES string of the molecule is Cc1ccccc1N1CCN(C(=O)C2CC(C)CCN2)CC1.Cl. The normalized spacial score (nSPS) is 25.0. The number of carbonyl (C=O) groups excluding carboxylic acids is 1. The van der Waals surface area contributed by atoms with Gasteiger partial charge in [-0.2, -0.15) is 0 Å². The Labute approximate surface area is 145 Å². The number of carbonyl (C=O) groups is 1. The Morgan fingerprint density at radius 3 is 2.52 bits per heavy atom. The van der Waals surface area contributed by atoms with Gasteiger partial charge in [-0.05, 0) is 43.9 Å². The summed E-state index contributed by atoms with van der Waals surface area (Å²) in [5, 5.41) is 3.39. The molecule has 2 heterocycles. The monoisotopic (exact) mass is 337 g/mol. The van der Waals surface area contributed by atoms with Crippen molar-refractivity contribution >= 4 is 24.0 Å². The van der Waals surface area contributed by atoms with Crippen molar-refractivity contribution in [2.45, 2.75) is 32.7 Å². The minimum absolute atomic E-state index is 0. The Bertz CT molecular complexity index is 529. The molecule has 2 aliphatic rings. The fourth-order valence-electron chi connectivity index (χ4n) is 3.60. The molecule has 5 heteroatoms. The number of rotatable bonds is 2. The number of piperidine rings is 1. The molecule has 1 aromatic carbocycles. The fourth-order valence-corrected chi connectivity index (χ4v) is 3.60. The first-order valence-electron chi connectivity index (χ1n) is 8.48. The van der Waals surface area contributed by atoms with E-state index >= 15 is 0 Å². The Morgan fingerprint density at radius 2 is 1.87 bits per heavy atom. The Kier molecular flexibility index (Phi) is 6.31. The largest absolute Gasteiger partial charge is 0.368 e. The zero-order chi connectivity index (χ0) is 15.5. The average Bonchev–Trinajstić information content (AvgIpc) is 2.55. The smallest absolute Gasteiger partial charge is 0.239 e. The van der Waals surface area contributed by atoms with Crippen LogP contribution >= 0.6 is 12.4 Å². The summed E-state index contributed by atoms with van der Waals surface area (Å²) >= 11 is 0. The zero-order valence-electron chi connectivity index (χ0n) is 14.1. The number of nitrogens with zero attached hydrogens (tertiary/aromatic N) is 2. The van der Waals surface area contributed by atoms with E-state index in [2.05, 4.69) is 48.3 Å². The molecule has 3 rings (SSSR count). The summed E-state index contributed by atoms with van der Waals surface area (Å²) in [5.41, 5.74) is 2.61. The molecule has 128 valence electrons. The van der Waals surface area contributed by atoms with Crippen LogP contribution in [0.1, 0.15) is 25.3 Å². The molecule has 0 aliphatic carbocycles. The van der Waals surface area contributed by atoms with Crippen LogP contribution in [0, 0.1) is 12.8 Å². The number of nitrogens with one attached hydrogen (secondary N) is 1. The number of halogens is 1. The number of benzene rings is 1. The van der Waals surface area contributed by atoms with E-state index in [4.69, 9.17) is 0 Å². The second-order valence-corrected chi connectivity index (χ2v) is 6.74. The summed E-state index contributed by atoms with van der Waals surface area (Å²) in [6.07, 6.45) is 2.17. The number of piperazine rings is 1. The Morgan fingerprint density at radius 1 is 1.17 bits per heavy atom. The van der Waals surface area contributed by atoms with E-state index in [1.165, 1.54) is 17.7 Å². The third-order valence-corrected chi connectivity index (χ3v) is 5.01. The van der Waals surface area contributed by atoms with Crippen LogP contribution in [0.15, 0.2) is 24.3 Å². The molecule has 2 saturated heterocycles. The van der Waals surface area contributed by atoms with Gasteiger partial charge in [0.15, 0.2) is 0 Å². The number of hydrogen-bond acceptors (Lipinski definition) is 3. The summed E-state index contributed by atoms with van der Waals surface area (Å²) in [6, 6.07) is 8.53. The lowest BCUT2D eigenvalue weighted by Crippen LogP contribution is -2.55. The number of hydrogen-bond donors (Lipinski definition) is 1. The molecular formula is C18H28ClN3O. The third kappa shape index (κ3) is 4.18. The number of aryl methyl sites for hydroxylation is 1. The fraction of sp³-hybridized carbons (Fsp3) is 0.611. The average molecular weight is 338 g/mol. The van der Waals surface area contributed by atoms with Gasteiger partial charge in [-0.1, -0.05) is 25.1 Å². The predicted octanol–water partition coefficient (Wildman–Crippen LogP) is 2.45. The van der Waals surface area contributed by atoms with E-state index in [9.17, 15) is 4.79 Å². The van der Waals surface area contributed by atoms with Gasteiger partial charge in [0.1, 0.15) is 0 Å². The third-order valence-electron chi connectivity index (χ3n) is 5.01. The number of amides is 1.